The number of hydrogen-bond acceptors (Lipinski definition) is 7. The Morgan fingerprint density at radius 3 is 2.71 bits per heavy atom. The monoisotopic (exact) mass is 301 g/mol. The van der Waals surface area contributed by atoms with Gasteiger partial charge in [0.1, 0.15) is 6.61 Å². The highest BCUT2D eigenvalue weighted by Crippen LogP contribution is 2.34. The fourth-order valence-electron chi connectivity index (χ4n) is 2.63. The molecular formula is C12H19N3O6. The van der Waals surface area contributed by atoms with Gasteiger partial charge in [-0.3, -0.25) is 4.84 Å². The highest BCUT2D eigenvalue weighted by Gasteiger charge is 2.42. The number of methoxy groups -OCH3 is 1. The first kappa shape index (κ1) is 15.5. The second-order valence-corrected chi connectivity index (χ2v) is 4.82. The molecule has 2 amide bonds. The van der Waals surface area contributed by atoms with Crippen LogP contribution in [0.5, 0.6) is 0 Å². The van der Waals surface area contributed by atoms with Gasteiger partial charge in [0.15, 0.2) is 6.29 Å². The maximum atomic E-state index is 10.8. The smallest absolute Gasteiger partial charge is 0.404 e. The molecule has 2 aliphatic heterocycles. The largest absolute Gasteiger partial charge is 0.449 e. The van der Waals surface area contributed by atoms with Crippen LogP contribution in [-0.2, 0) is 19.0 Å². The summed E-state index contributed by atoms with van der Waals surface area (Å²) in [6.45, 7) is 0.851. The van der Waals surface area contributed by atoms with Gasteiger partial charge in [-0.2, -0.15) is 5.06 Å². The molecule has 0 aromatic heterocycles. The molecule has 1 unspecified atom stereocenters. The zero-order valence-corrected chi connectivity index (χ0v) is 11.7. The third-order valence-electron chi connectivity index (χ3n) is 3.50. The van der Waals surface area contributed by atoms with E-state index in [0.717, 1.165) is 12.0 Å². The zero-order chi connectivity index (χ0) is 15.4. The molecule has 2 aliphatic rings. The summed E-state index contributed by atoms with van der Waals surface area (Å²) in [5.74, 6) is -0.00182. The lowest BCUT2D eigenvalue weighted by Gasteiger charge is -2.35. The maximum absolute atomic E-state index is 10.8. The number of hydrogen-bond donors (Lipinski definition) is 2. The van der Waals surface area contributed by atoms with Crippen molar-refractivity contribution < 1.29 is 28.6 Å². The minimum absolute atomic E-state index is 0.00182. The van der Waals surface area contributed by atoms with Crippen molar-refractivity contribution in [1.29, 1.82) is 0 Å². The van der Waals surface area contributed by atoms with E-state index in [4.69, 9.17) is 30.5 Å². The molecule has 3 atom stereocenters. The Morgan fingerprint density at radius 2 is 2.10 bits per heavy atom. The van der Waals surface area contributed by atoms with Gasteiger partial charge in [-0.25, -0.2) is 9.59 Å². The SMILES string of the molecule is COC1C=C(COC(N)=O)[C@@H]2[C@H](COC(N)=O)CCN2O1. The number of rotatable bonds is 5. The van der Waals surface area contributed by atoms with Gasteiger partial charge in [0, 0.05) is 19.6 Å². The van der Waals surface area contributed by atoms with E-state index < -0.39 is 18.5 Å². The Labute approximate surface area is 121 Å². The van der Waals surface area contributed by atoms with Crippen LogP contribution in [0.2, 0.25) is 0 Å². The van der Waals surface area contributed by atoms with Crippen LogP contribution in [0.1, 0.15) is 6.42 Å². The van der Waals surface area contributed by atoms with Gasteiger partial charge in [0.05, 0.1) is 12.6 Å². The quantitative estimate of drug-likeness (QED) is 0.668. The van der Waals surface area contributed by atoms with Gasteiger partial charge in [-0.1, -0.05) is 0 Å². The molecule has 2 rings (SSSR count). The van der Waals surface area contributed by atoms with Crippen LogP contribution in [0.15, 0.2) is 11.6 Å². The van der Waals surface area contributed by atoms with Crippen LogP contribution < -0.4 is 11.5 Å². The number of carbonyl (C=O) groups is 2. The molecule has 4 N–H and O–H groups in total. The van der Waals surface area contributed by atoms with Crippen molar-refractivity contribution in [3.05, 3.63) is 11.6 Å². The van der Waals surface area contributed by atoms with Crippen molar-refractivity contribution in [2.24, 2.45) is 17.4 Å². The number of amides is 2. The van der Waals surface area contributed by atoms with E-state index in [1.165, 1.54) is 7.11 Å². The first-order chi connectivity index (χ1) is 10.0. The lowest BCUT2D eigenvalue weighted by atomic mass is 9.94. The zero-order valence-electron chi connectivity index (χ0n) is 11.7. The Hall–Kier alpha value is -1.84. The Kier molecular flexibility index (Phi) is 4.99. The predicted octanol–water partition coefficient (Wildman–Crippen LogP) is -0.288. The molecule has 9 nitrogen and oxygen atoms in total. The number of nitrogens with two attached hydrogens (primary N) is 2. The van der Waals surface area contributed by atoms with Gasteiger partial charge >= 0.3 is 12.2 Å². The predicted molar refractivity (Wildman–Crippen MR) is 69.6 cm³/mol. The molecule has 9 heteroatoms. The summed E-state index contributed by atoms with van der Waals surface area (Å²) in [4.78, 5) is 27.2. The minimum Gasteiger partial charge on any atom is -0.449 e. The van der Waals surface area contributed by atoms with Crippen LogP contribution >= 0.6 is 0 Å². The maximum Gasteiger partial charge on any atom is 0.404 e. The molecule has 0 bridgehead atoms. The minimum atomic E-state index is -0.856. The summed E-state index contributed by atoms with van der Waals surface area (Å²) in [5, 5.41) is 1.74. The second kappa shape index (κ2) is 6.74. The molecule has 0 aliphatic carbocycles. The first-order valence-corrected chi connectivity index (χ1v) is 6.52. The van der Waals surface area contributed by atoms with Crippen molar-refractivity contribution in [3.8, 4) is 0 Å². The summed E-state index contributed by atoms with van der Waals surface area (Å²) in [7, 11) is 1.51. The fourth-order valence-corrected chi connectivity index (χ4v) is 2.63. The Bertz CT molecular complexity index is 441. The second-order valence-electron chi connectivity index (χ2n) is 4.82. The summed E-state index contributed by atoms with van der Waals surface area (Å²) in [5.41, 5.74) is 10.8. The molecule has 0 spiro atoms. The molecule has 0 aromatic carbocycles. The van der Waals surface area contributed by atoms with Crippen LogP contribution in [0.3, 0.4) is 0 Å². The Balaban J connectivity index is 2.09. The summed E-state index contributed by atoms with van der Waals surface area (Å²) in [6, 6.07) is -0.171. The first-order valence-electron chi connectivity index (χ1n) is 6.52. The van der Waals surface area contributed by atoms with Crippen molar-refractivity contribution in [1.82, 2.24) is 5.06 Å². The fraction of sp³-hybridized carbons (Fsp3) is 0.667. The molecule has 0 saturated carbocycles. The number of ether oxygens (including phenoxy) is 3. The van der Waals surface area contributed by atoms with Gasteiger partial charge in [-0.15, -0.1) is 0 Å². The van der Waals surface area contributed by atoms with Crippen LogP contribution in [-0.4, -0.2) is 56.4 Å². The van der Waals surface area contributed by atoms with Crippen LogP contribution in [0.4, 0.5) is 9.59 Å². The van der Waals surface area contributed by atoms with Gasteiger partial charge in [-0.05, 0) is 18.1 Å². The number of primary amides is 2. The van der Waals surface area contributed by atoms with E-state index >= 15 is 0 Å². The van der Waals surface area contributed by atoms with Crippen molar-refractivity contribution in [2.75, 3.05) is 26.9 Å². The average molecular weight is 301 g/mol. The molecule has 118 valence electrons. The lowest BCUT2D eigenvalue weighted by Crippen LogP contribution is -2.44. The molecular weight excluding hydrogens is 282 g/mol. The average Bonchev–Trinajstić information content (AvgIpc) is 2.85. The van der Waals surface area contributed by atoms with Crippen molar-refractivity contribution in [3.63, 3.8) is 0 Å². The van der Waals surface area contributed by atoms with E-state index in [0.29, 0.717) is 6.54 Å². The number of nitrogens with zero attached hydrogens (tertiary/aromatic N) is 1. The van der Waals surface area contributed by atoms with Gasteiger partial charge in [0.2, 0.25) is 0 Å². The van der Waals surface area contributed by atoms with E-state index in [1.54, 1.807) is 11.1 Å². The summed E-state index contributed by atoms with van der Waals surface area (Å²) >= 11 is 0. The third-order valence-corrected chi connectivity index (χ3v) is 3.50. The Morgan fingerprint density at radius 1 is 1.38 bits per heavy atom. The highest BCUT2D eigenvalue weighted by molar-refractivity contribution is 5.65. The standard InChI is InChI=1S/C12H19N3O6/c1-18-9-4-8(6-20-12(14)17)10-7(5-19-11(13)16)2-3-15(10)21-9/h4,7,9-10H,2-3,5-6H2,1H3,(H2,13,16)(H2,14,17)/t7-,9?,10-/m0/s1. The van der Waals surface area contributed by atoms with Gasteiger partial charge in [0.25, 0.3) is 0 Å². The van der Waals surface area contributed by atoms with E-state index in [2.05, 4.69) is 0 Å². The van der Waals surface area contributed by atoms with Crippen molar-refractivity contribution >= 4 is 12.2 Å². The highest BCUT2D eigenvalue weighted by atomic mass is 16.8. The number of hydroxylamine groups is 2. The molecule has 0 radical (unpaired) electrons. The van der Waals surface area contributed by atoms with E-state index in [1.807, 2.05) is 0 Å². The third kappa shape index (κ3) is 3.84. The van der Waals surface area contributed by atoms with Crippen molar-refractivity contribution in [2.45, 2.75) is 18.8 Å². The number of fused-ring (bicyclic) bond motifs is 1. The molecule has 21 heavy (non-hydrogen) atoms. The van der Waals surface area contributed by atoms with Crippen LogP contribution in [0, 0.1) is 5.92 Å². The van der Waals surface area contributed by atoms with E-state index in [9.17, 15) is 9.59 Å². The van der Waals surface area contributed by atoms with Gasteiger partial charge < -0.3 is 25.7 Å². The molecule has 0 aromatic rings. The van der Waals surface area contributed by atoms with E-state index in [-0.39, 0.29) is 25.2 Å². The topological polar surface area (TPSA) is 126 Å². The molecule has 1 fully saturated rings. The summed E-state index contributed by atoms with van der Waals surface area (Å²) in [6.07, 6.45) is 0.253. The lowest BCUT2D eigenvalue weighted by molar-refractivity contribution is -0.267. The molecule has 1 saturated heterocycles. The normalized spacial score (nSPS) is 28.6. The number of carbonyl (C=O) groups excluding carboxylic acids is 2. The van der Waals surface area contributed by atoms with Crippen LogP contribution in [0.25, 0.3) is 0 Å². The molecule has 2 heterocycles. The summed E-state index contributed by atoms with van der Waals surface area (Å²) < 4.78 is 14.9.